The van der Waals surface area contributed by atoms with Crippen LogP contribution in [0, 0.1) is 5.82 Å². The van der Waals surface area contributed by atoms with Gasteiger partial charge < -0.3 is 11.1 Å². The number of aromatic nitrogens is 4. The molecule has 5 rings (SSSR count). The van der Waals surface area contributed by atoms with Gasteiger partial charge in [0.05, 0.1) is 16.8 Å². The van der Waals surface area contributed by atoms with Gasteiger partial charge in [0.25, 0.3) is 0 Å². The van der Waals surface area contributed by atoms with Crippen molar-refractivity contribution in [1.82, 2.24) is 19.7 Å². The SMILES string of the molecule is Nc1c2c(-c3cccc(Cl)c3)nc(NC3CC3)nc2nn1-c1ccc(F)cc1. The summed E-state index contributed by atoms with van der Waals surface area (Å²) in [5.74, 6) is 0.567. The van der Waals surface area contributed by atoms with Crippen LogP contribution in [-0.2, 0) is 0 Å². The minimum absolute atomic E-state index is 0.325. The smallest absolute Gasteiger partial charge is 0.225 e. The van der Waals surface area contributed by atoms with Gasteiger partial charge in [-0.15, -0.1) is 5.10 Å². The van der Waals surface area contributed by atoms with Gasteiger partial charge in [0, 0.05) is 16.6 Å². The van der Waals surface area contributed by atoms with Crippen LogP contribution in [0.25, 0.3) is 28.0 Å². The molecule has 3 N–H and O–H groups in total. The van der Waals surface area contributed by atoms with Crippen LogP contribution in [0.2, 0.25) is 5.02 Å². The maximum absolute atomic E-state index is 13.3. The average molecular weight is 395 g/mol. The van der Waals surface area contributed by atoms with E-state index in [4.69, 9.17) is 22.3 Å². The lowest BCUT2D eigenvalue weighted by Crippen LogP contribution is -2.06. The zero-order valence-corrected chi connectivity index (χ0v) is 15.5. The average Bonchev–Trinajstić information content (AvgIpc) is 3.44. The molecule has 8 heteroatoms. The van der Waals surface area contributed by atoms with Crippen LogP contribution in [0.4, 0.5) is 16.2 Å². The Morgan fingerprint density at radius 3 is 2.61 bits per heavy atom. The first-order chi connectivity index (χ1) is 13.6. The summed E-state index contributed by atoms with van der Waals surface area (Å²) in [4.78, 5) is 9.25. The molecule has 0 spiro atoms. The molecule has 1 aliphatic rings. The maximum atomic E-state index is 13.3. The number of hydrogen-bond donors (Lipinski definition) is 2. The highest BCUT2D eigenvalue weighted by Gasteiger charge is 2.24. The number of anilines is 2. The van der Waals surface area contributed by atoms with E-state index in [0.717, 1.165) is 18.4 Å². The van der Waals surface area contributed by atoms with Crippen LogP contribution in [0.15, 0.2) is 48.5 Å². The number of rotatable bonds is 4. The molecule has 1 saturated carbocycles. The third-order valence-electron chi connectivity index (χ3n) is 4.65. The minimum atomic E-state index is -0.325. The van der Waals surface area contributed by atoms with E-state index in [1.54, 1.807) is 22.9 Å². The number of nitrogens with one attached hydrogen (secondary N) is 1. The highest BCUT2D eigenvalue weighted by atomic mass is 35.5. The number of nitrogens with zero attached hydrogens (tertiary/aromatic N) is 4. The van der Waals surface area contributed by atoms with Crippen molar-refractivity contribution in [1.29, 1.82) is 0 Å². The maximum Gasteiger partial charge on any atom is 0.225 e. The molecule has 2 aromatic heterocycles. The monoisotopic (exact) mass is 394 g/mol. The Kier molecular flexibility index (Phi) is 3.91. The molecule has 0 radical (unpaired) electrons. The topological polar surface area (TPSA) is 81.7 Å². The molecule has 0 amide bonds. The van der Waals surface area contributed by atoms with Crippen LogP contribution in [0.1, 0.15) is 12.8 Å². The van der Waals surface area contributed by atoms with E-state index in [0.29, 0.717) is 45.2 Å². The first-order valence-electron chi connectivity index (χ1n) is 8.93. The summed E-state index contributed by atoms with van der Waals surface area (Å²) < 4.78 is 14.9. The van der Waals surface area contributed by atoms with Crippen molar-refractivity contribution >= 4 is 34.4 Å². The Balaban J connectivity index is 1.74. The second-order valence-electron chi connectivity index (χ2n) is 6.80. The Bertz CT molecular complexity index is 1180. The van der Waals surface area contributed by atoms with Crippen molar-refractivity contribution in [3.63, 3.8) is 0 Å². The van der Waals surface area contributed by atoms with Gasteiger partial charge in [0.2, 0.25) is 5.95 Å². The lowest BCUT2D eigenvalue weighted by atomic mass is 10.1. The number of halogens is 2. The molecule has 28 heavy (non-hydrogen) atoms. The lowest BCUT2D eigenvalue weighted by molar-refractivity contribution is 0.627. The van der Waals surface area contributed by atoms with Crippen LogP contribution < -0.4 is 11.1 Å². The third kappa shape index (κ3) is 3.03. The highest BCUT2D eigenvalue weighted by molar-refractivity contribution is 6.30. The number of hydrogen-bond acceptors (Lipinski definition) is 5. The minimum Gasteiger partial charge on any atom is -0.383 e. The standard InChI is InChI=1S/C20H16ClFN6/c21-12-3-1-2-11(10-12)17-16-18(23)28(15-8-4-13(22)5-9-15)27-19(16)26-20(25-17)24-14-6-7-14/h1-5,8-10,14H,6-7,23H2,(H,24,26,27). The molecule has 2 heterocycles. The molecule has 140 valence electrons. The highest BCUT2D eigenvalue weighted by Crippen LogP contribution is 2.34. The summed E-state index contributed by atoms with van der Waals surface area (Å²) in [7, 11) is 0. The van der Waals surface area contributed by atoms with E-state index in [1.807, 2.05) is 18.2 Å². The molecule has 1 fully saturated rings. The second kappa shape index (κ2) is 6.45. The Morgan fingerprint density at radius 1 is 1.11 bits per heavy atom. The van der Waals surface area contributed by atoms with E-state index in [-0.39, 0.29) is 5.82 Å². The summed E-state index contributed by atoms with van der Waals surface area (Å²) in [6.07, 6.45) is 2.19. The third-order valence-corrected chi connectivity index (χ3v) is 4.88. The van der Waals surface area contributed by atoms with E-state index in [2.05, 4.69) is 15.4 Å². The summed E-state index contributed by atoms with van der Waals surface area (Å²) >= 11 is 6.19. The summed E-state index contributed by atoms with van der Waals surface area (Å²) in [5, 5.41) is 9.10. The fourth-order valence-electron chi connectivity index (χ4n) is 3.11. The van der Waals surface area contributed by atoms with Crippen LogP contribution in [-0.4, -0.2) is 25.8 Å². The molecule has 1 aliphatic carbocycles. The first-order valence-corrected chi connectivity index (χ1v) is 9.31. The van der Waals surface area contributed by atoms with Gasteiger partial charge in [0.15, 0.2) is 5.65 Å². The zero-order valence-electron chi connectivity index (χ0n) is 14.7. The van der Waals surface area contributed by atoms with E-state index >= 15 is 0 Å². The van der Waals surface area contributed by atoms with E-state index < -0.39 is 0 Å². The number of benzene rings is 2. The molecule has 0 atom stereocenters. The Labute approximate surface area is 165 Å². The molecule has 2 aromatic carbocycles. The van der Waals surface area contributed by atoms with Crippen molar-refractivity contribution in [2.45, 2.75) is 18.9 Å². The second-order valence-corrected chi connectivity index (χ2v) is 7.23. The van der Waals surface area contributed by atoms with Gasteiger partial charge in [0.1, 0.15) is 11.6 Å². The van der Waals surface area contributed by atoms with Crippen molar-refractivity contribution < 1.29 is 4.39 Å². The number of nitrogen functional groups attached to an aromatic ring is 1. The van der Waals surface area contributed by atoms with Gasteiger partial charge in [-0.05, 0) is 49.2 Å². The predicted octanol–water partition coefficient (Wildman–Crippen LogP) is 4.43. The first kappa shape index (κ1) is 16.9. The van der Waals surface area contributed by atoms with Crippen molar-refractivity contribution in [3.05, 3.63) is 59.4 Å². The summed E-state index contributed by atoms with van der Waals surface area (Å²) in [5.41, 5.74) is 9.01. The van der Waals surface area contributed by atoms with Gasteiger partial charge in [-0.25, -0.2) is 14.1 Å². The fourth-order valence-corrected chi connectivity index (χ4v) is 3.30. The molecule has 0 bridgehead atoms. The van der Waals surface area contributed by atoms with Crippen molar-refractivity contribution in [3.8, 4) is 16.9 Å². The molecular weight excluding hydrogens is 379 g/mol. The zero-order chi connectivity index (χ0) is 19.3. The number of fused-ring (bicyclic) bond motifs is 1. The summed E-state index contributed by atoms with van der Waals surface area (Å²) in [6, 6.07) is 13.8. The van der Waals surface area contributed by atoms with Gasteiger partial charge in [-0.1, -0.05) is 23.7 Å². The van der Waals surface area contributed by atoms with Gasteiger partial charge in [-0.2, -0.15) is 4.98 Å². The van der Waals surface area contributed by atoms with E-state index in [1.165, 1.54) is 12.1 Å². The van der Waals surface area contributed by atoms with E-state index in [9.17, 15) is 4.39 Å². The van der Waals surface area contributed by atoms with Crippen LogP contribution in [0.5, 0.6) is 0 Å². The largest absolute Gasteiger partial charge is 0.383 e. The fraction of sp³-hybridized carbons (Fsp3) is 0.150. The quantitative estimate of drug-likeness (QED) is 0.535. The molecule has 0 saturated heterocycles. The van der Waals surface area contributed by atoms with Crippen LogP contribution >= 0.6 is 11.6 Å². The molecular formula is C20H16ClFN6. The lowest BCUT2D eigenvalue weighted by Gasteiger charge is -2.08. The molecule has 6 nitrogen and oxygen atoms in total. The molecule has 0 unspecified atom stereocenters. The Morgan fingerprint density at radius 2 is 1.89 bits per heavy atom. The Hall–Kier alpha value is -3.19. The van der Waals surface area contributed by atoms with Crippen LogP contribution in [0.3, 0.4) is 0 Å². The number of nitrogens with two attached hydrogens (primary N) is 1. The van der Waals surface area contributed by atoms with Gasteiger partial charge in [-0.3, -0.25) is 0 Å². The molecule has 0 aliphatic heterocycles. The normalized spacial score (nSPS) is 13.8. The van der Waals surface area contributed by atoms with Crippen molar-refractivity contribution in [2.24, 2.45) is 0 Å². The molecule has 4 aromatic rings. The van der Waals surface area contributed by atoms with Gasteiger partial charge >= 0.3 is 0 Å². The predicted molar refractivity (Wildman–Crippen MR) is 108 cm³/mol. The summed E-state index contributed by atoms with van der Waals surface area (Å²) in [6.45, 7) is 0. The van der Waals surface area contributed by atoms with Crippen molar-refractivity contribution in [2.75, 3.05) is 11.1 Å².